The van der Waals surface area contributed by atoms with E-state index in [9.17, 15) is 0 Å². The predicted octanol–water partition coefficient (Wildman–Crippen LogP) is -0.651. The highest BCUT2D eigenvalue weighted by Gasteiger charge is 2.29. The molecule has 2 unspecified atom stereocenters. The fourth-order valence-electron chi connectivity index (χ4n) is 2.87. The third kappa shape index (κ3) is 3.33. The summed E-state index contributed by atoms with van der Waals surface area (Å²) in [6.07, 6.45) is 0.899. The minimum Gasteiger partial charge on any atom is -0.303 e. The number of nitrogens with one attached hydrogen (secondary N) is 1. The lowest BCUT2D eigenvalue weighted by molar-refractivity contribution is 0.0872. The van der Waals surface area contributed by atoms with Crippen LogP contribution in [0.4, 0.5) is 0 Å². The first kappa shape index (κ1) is 14.5. The SMILES string of the molecule is Cc1cc(CC(NN)C2CN(C)CCN2C)n(C)n1. The van der Waals surface area contributed by atoms with Gasteiger partial charge in [-0.2, -0.15) is 5.10 Å². The molecule has 0 saturated carbocycles. The van der Waals surface area contributed by atoms with E-state index in [1.54, 1.807) is 0 Å². The second kappa shape index (κ2) is 6.00. The maximum absolute atomic E-state index is 5.79. The maximum atomic E-state index is 5.79. The van der Waals surface area contributed by atoms with Crippen LogP contribution in [0.25, 0.3) is 0 Å². The quantitative estimate of drug-likeness (QED) is 0.560. The second-order valence-electron chi connectivity index (χ2n) is 5.69. The number of aromatic nitrogens is 2. The van der Waals surface area contributed by atoms with E-state index in [0.29, 0.717) is 6.04 Å². The highest BCUT2D eigenvalue weighted by Crippen LogP contribution is 2.14. The lowest BCUT2D eigenvalue weighted by Gasteiger charge is -2.41. The zero-order valence-corrected chi connectivity index (χ0v) is 12.4. The molecule has 6 nitrogen and oxygen atoms in total. The average Bonchev–Trinajstić information content (AvgIpc) is 2.68. The van der Waals surface area contributed by atoms with Crippen LogP contribution in [0.2, 0.25) is 0 Å². The topological polar surface area (TPSA) is 62.4 Å². The van der Waals surface area contributed by atoms with Gasteiger partial charge in [0.2, 0.25) is 0 Å². The Kier molecular flexibility index (Phi) is 4.57. The van der Waals surface area contributed by atoms with Gasteiger partial charge >= 0.3 is 0 Å². The Balaban J connectivity index is 2.08. The largest absolute Gasteiger partial charge is 0.303 e. The number of rotatable bonds is 4. The maximum Gasteiger partial charge on any atom is 0.0596 e. The molecule has 0 radical (unpaired) electrons. The third-order valence-electron chi connectivity index (χ3n) is 4.11. The number of piperazine rings is 1. The van der Waals surface area contributed by atoms with Crippen molar-refractivity contribution in [2.45, 2.75) is 25.4 Å². The molecule has 0 aromatic carbocycles. The Morgan fingerprint density at radius 1 is 1.42 bits per heavy atom. The molecule has 0 aliphatic carbocycles. The average molecular weight is 266 g/mol. The van der Waals surface area contributed by atoms with E-state index in [-0.39, 0.29) is 6.04 Å². The molecule has 2 heterocycles. The summed E-state index contributed by atoms with van der Waals surface area (Å²) in [5.41, 5.74) is 5.28. The van der Waals surface area contributed by atoms with E-state index < -0.39 is 0 Å². The molecule has 0 bridgehead atoms. The highest BCUT2D eigenvalue weighted by molar-refractivity contribution is 5.11. The first-order valence-electron chi connectivity index (χ1n) is 6.85. The molecule has 1 aliphatic rings. The molecule has 2 atom stereocenters. The summed E-state index contributed by atoms with van der Waals surface area (Å²) in [4.78, 5) is 4.76. The zero-order valence-electron chi connectivity index (χ0n) is 12.4. The van der Waals surface area contributed by atoms with Gasteiger partial charge < -0.3 is 4.90 Å². The third-order valence-corrected chi connectivity index (χ3v) is 4.11. The van der Waals surface area contributed by atoms with Crippen molar-refractivity contribution in [3.8, 4) is 0 Å². The highest BCUT2D eigenvalue weighted by atomic mass is 15.3. The number of hydrazine groups is 1. The molecule has 1 aromatic heterocycles. The fraction of sp³-hybridized carbons (Fsp3) is 0.769. The predicted molar refractivity (Wildman–Crippen MR) is 76.7 cm³/mol. The van der Waals surface area contributed by atoms with Crippen LogP contribution in [-0.2, 0) is 13.5 Å². The summed E-state index contributed by atoms with van der Waals surface area (Å²) >= 11 is 0. The van der Waals surface area contributed by atoms with Crippen LogP contribution < -0.4 is 11.3 Å². The Hall–Kier alpha value is -0.950. The minimum atomic E-state index is 0.238. The molecule has 0 amide bonds. The second-order valence-corrected chi connectivity index (χ2v) is 5.69. The van der Waals surface area contributed by atoms with Crippen LogP contribution >= 0.6 is 0 Å². The van der Waals surface area contributed by atoms with Crippen molar-refractivity contribution in [2.75, 3.05) is 33.7 Å². The van der Waals surface area contributed by atoms with Crippen molar-refractivity contribution in [1.29, 1.82) is 0 Å². The number of hydrogen-bond acceptors (Lipinski definition) is 5. The van der Waals surface area contributed by atoms with Crippen molar-refractivity contribution >= 4 is 0 Å². The number of nitrogens with two attached hydrogens (primary N) is 1. The first-order valence-corrected chi connectivity index (χ1v) is 6.85. The van der Waals surface area contributed by atoms with Gasteiger partial charge in [0.1, 0.15) is 0 Å². The lowest BCUT2D eigenvalue weighted by atomic mass is 9.99. The smallest absolute Gasteiger partial charge is 0.0596 e. The van der Waals surface area contributed by atoms with Gasteiger partial charge in [-0.15, -0.1) is 0 Å². The van der Waals surface area contributed by atoms with E-state index >= 15 is 0 Å². The van der Waals surface area contributed by atoms with Crippen molar-refractivity contribution < 1.29 is 0 Å². The van der Waals surface area contributed by atoms with Crippen LogP contribution in [-0.4, -0.2) is 65.4 Å². The molecule has 6 heteroatoms. The summed E-state index contributed by atoms with van der Waals surface area (Å²) in [7, 11) is 6.34. The Labute approximate surface area is 115 Å². The molecule has 0 spiro atoms. The Morgan fingerprint density at radius 2 is 2.16 bits per heavy atom. The Morgan fingerprint density at radius 3 is 2.74 bits per heavy atom. The van der Waals surface area contributed by atoms with Gasteiger partial charge in [-0.1, -0.05) is 0 Å². The van der Waals surface area contributed by atoms with Gasteiger partial charge in [0.15, 0.2) is 0 Å². The monoisotopic (exact) mass is 266 g/mol. The molecule has 1 fully saturated rings. The van der Waals surface area contributed by atoms with Crippen molar-refractivity contribution in [1.82, 2.24) is 25.0 Å². The number of aryl methyl sites for hydroxylation is 2. The van der Waals surface area contributed by atoms with Gasteiger partial charge in [-0.3, -0.25) is 20.9 Å². The molecule has 3 N–H and O–H groups in total. The van der Waals surface area contributed by atoms with Crippen molar-refractivity contribution in [3.05, 3.63) is 17.5 Å². The molecule has 1 saturated heterocycles. The fourth-order valence-corrected chi connectivity index (χ4v) is 2.87. The van der Waals surface area contributed by atoms with E-state index in [1.165, 1.54) is 5.69 Å². The Bertz CT molecular complexity index is 415. The summed E-state index contributed by atoms with van der Waals surface area (Å²) in [5.74, 6) is 5.79. The number of hydrogen-bond donors (Lipinski definition) is 2. The molecule has 1 aromatic rings. The van der Waals surface area contributed by atoms with E-state index in [0.717, 1.165) is 31.7 Å². The lowest BCUT2D eigenvalue weighted by Crippen LogP contribution is -2.60. The number of nitrogens with zero attached hydrogens (tertiary/aromatic N) is 4. The first-order chi connectivity index (χ1) is 9.01. The molecule has 108 valence electrons. The van der Waals surface area contributed by atoms with Crippen LogP contribution in [0.5, 0.6) is 0 Å². The van der Waals surface area contributed by atoms with Gasteiger partial charge in [-0.25, -0.2) is 0 Å². The molecule has 2 rings (SSSR count). The zero-order chi connectivity index (χ0) is 14.0. The normalized spacial score (nSPS) is 23.7. The van der Waals surface area contributed by atoms with Gasteiger partial charge in [0, 0.05) is 50.9 Å². The van der Waals surface area contributed by atoms with Crippen molar-refractivity contribution in [3.63, 3.8) is 0 Å². The standard InChI is InChI=1S/C13H26N6/c1-10-7-11(19(4)16-10)8-12(15-14)13-9-17(2)5-6-18(13)3/h7,12-13,15H,5-6,8-9,14H2,1-4H3. The van der Waals surface area contributed by atoms with Gasteiger partial charge in [0.25, 0.3) is 0 Å². The van der Waals surface area contributed by atoms with Crippen LogP contribution in [0.1, 0.15) is 11.4 Å². The minimum absolute atomic E-state index is 0.238. The summed E-state index contributed by atoms with van der Waals surface area (Å²) < 4.78 is 1.95. The summed E-state index contributed by atoms with van der Waals surface area (Å²) in [6.45, 7) is 5.27. The van der Waals surface area contributed by atoms with E-state index in [1.807, 2.05) is 18.7 Å². The van der Waals surface area contributed by atoms with E-state index in [2.05, 4.69) is 40.5 Å². The summed E-state index contributed by atoms with van der Waals surface area (Å²) in [5, 5.41) is 4.40. The van der Waals surface area contributed by atoms with Crippen molar-refractivity contribution in [2.24, 2.45) is 12.9 Å². The molecular formula is C13H26N6. The van der Waals surface area contributed by atoms with Crippen LogP contribution in [0.3, 0.4) is 0 Å². The summed E-state index contributed by atoms with van der Waals surface area (Å²) in [6, 6.07) is 2.80. The molecule has 1 aliphatic heterocycles. The van der Waals surface area contributed by atoms with Crippen LogP contribution in [0.15, 0.2) is 6.07 Å². The molecule has 19 heavy (non-hydrogen) atoms. The van der Waals surface area contributed by atoms with Gasteiger partial charge in [-0.05, 0) is 27.1 Å². The van der Waals surface area contributed by atoms with Gasteiger partial charge in [0.05, 0.1) is 5.69 Å². The number of likely N-dealkylation sites (N-methyl/N-ethyl adjacent to an activating group) is 2. The van der Waals surface area contributed by atoms with Crippen LogP contribution in [0, 0.1) is 6.92 Å². The van der Waals surface area contributed by atoms with E-state index in [4.69, 9.17) is 5.84 Å². The molecular weight excluding hydrogens is 240 g/mol.